The Bertz CT molecular complexity index is 609. The largest absolute Gasteiger partial charge is 0.389 e. The highest BCUT2D eigenvalue weighted by atomic mass is 16.3. The molecule has 1 aromatic carbocycles. The van der Waals surface area contributed by atoms with Crippen molar-refractivity contribution in [3.05, 3.63) is 53.7 Å². The molecule has 0 saturated carbocycles. The van der Waals surface area contributed by atoms with Crippen LogP contribution in [0.5, 0.6) is 0 Å². The van der Waals surface area contributed by atoms with E-state index in [4.69, 9.17) is 0 Å². The van der Waals surface area contributed by atoms with Gasteiger partial charge in [-0.05, 0) is 48.6 Å². The number of aromatic nitrogens is 1. The summed E-state index contributed by atoms with van der Waals surface area (Å²) in [7, 11) is 0. The highest BCUT2D eigenvalue weighted by Gasteiger charge is 2.23. The summed E-state index contributed by atoms with van der Waals surface area (Å²) in [4.78, 5) is 6.75. The summed E-state index contributed by atoms with van der Waals surface area (Å²) in [6.07, 6.45) is 2.43. The Morgan fingerprint density at radius 3 is 2.90 bits per heavy atom. The molecule has 0 amide bonds. The third-order valence-corrected chi connectivity index (χ3v) is 3.87. The summed E-state index contributed by atoms with van der Waals surface area (Å²) in [5.74, 6) is 1.52. The summed E-state index contributed by atoms with van der Waals surface area (Å²) >= 11 is 0. The Morgan fingerprint density at radius 1 is 1.30 bits per heavy atom. The van der Waals surface area contributed by atoms with Gasteiger partial charge in [-0.3, -0.25) is 0 Å². The molecule has 0 saturated heterocycles. The maximum absolute atomic E-state index is 9.75. The lowest BCUT2D eigenvalue weighted by Gasteiger charge is -2.34. The summed E-state index contributed by atoms with van der Waals surface area (Å²) in [6, 6.07) is 12.4. The average Bonchev–Trinajstić information content (AvgIpc) is 2.46. The summed E-state index contributed by atoms with van der Waals surface area (Å²) in [5, 5.41) is 9.75. The first-order valence-electron chi connectivity index (χ1n) is 7.14. The zero-order valence-corrected chi connectivity index (χ0v) is 12.0. The van der Waals surface area contributed by atoms with Crippen LogP contribution in [0.15, 0.2) is 42.6 Å². The van der Waals surface area contributed by atoms with Gasteiger partial charge in [0.05, 0.1) is 6.10 Å². The van der Waals surface area contributed by atoms with Gasteiger partial charge in [-0.15, -0.1) is 0 Å². The smallest absolute Gasteiger partial charge is 0.133 e. The number of aliphatic hydroxyl groups excluding tert-OH is 1. The zero-order chi connectivity index (χ0) is 14.1. The molecular weight excluding hydrogens is 248 g/mol. The Hall–Kier alpha value is -1.87. The van der Waals surface area contributed by atoms with Crippen LogP contribution in [0, 0.1) is 5.92 Å². The van der Waals surface area contributed by atoms with Crippen molar-refractivity contribution in [2.75, 3.05) is 11.4 Å². The number of para-hydroxylation sites is 1. The van der Waals surface area contributed by atoms with Gasteiger partial charge in [0.2, 0.25) is 0 Å². The number of aliphatic hydroxyl groups is 1. The maximum atomic E-state index is 9.75. The minimum Gasteiger partial charge on any atom is -0.389 e. The first kappa shape index (κ1) is 13.1. The monoisotopic (exact) mass is 268 g/mol. The molecule has 3 nitrogen and oxygen atoms in total. The fraction of sp³-hybridized carbons (Fsp3) is 0.353. The first-order chi connectivity index (χ1) is 9.65. The van der Waals surface area contributed by atoms with E-state index in [2.05, 4.69) is 41.1 Å². The van der Waals surface area contributed by atoms with Crippen molar-refractivity contribution in [1.82, 2.24) is 4.98 Å². The number of hydrogen-bond acceptors (Lipinski definition) is 3. The van der Waals surface area contributed by atoms with Crippen LogP contribution in [0.4, 0.5) is 11.5 Å². The van der Waals surface area contributed by atoms with E-state index in [9.17, 15) is 5.11 Å². The van der Waals surface area contributed by atoms with E-state index in [1.165, 1.54) is 11.3 Å². The molecule has 1 N–H and O–H groups in total. The van der Waals surface area contributed by atoms with Crippen LogP contribution in [0.3, 0.4) is 0 Å². The Morgan fingerprint density at radius 2 is 2.10 bits per heavy atom. The molecule has 20 heavy (non-hydrogen) atoms. The topological polar surface area (TPSA) is 36.4 Å². The molecule has 0 fully saturated rings. The van der Waals surface area contributed by atoms with Gasteiger partial charge in [0.1, 0.15) is 5.82 Å². The van der Waals surface area contributed by atoms with Gasteiger partial charge in [0.25, 0.3) is 0 Å². The lowest BCUT2D eigenvalue weighted by Crippen LogP contribution is -2.31. The van der Waals surface area contributed by atoms with E-state index in [0.29, 0.717) is 5.92 Å². The van der Waals surface area contributed by atoms with Crippen LogP contribution < -0.4 is 4.90 Å². The molecule has 104 valence electrons. The van der Waals surface area contributed by atoms with Crippen molar-refractivity contribution in [1.29, 1.82) is 0 Å². The van der Waals surface area contributed by atoms with Crippen LogP contribution in [-0.2, 0) is 6.42 Å². The van der Waals surface area contributed by atoms with E-state index in [0.717, 1.165) is 24.3 Å². The fourth-order valence-corrected chi connectivity index (χ4v) is 2.86. The van der Waals surface area contributed by atoms with Crippen LogP contribution >= 0.6 is 0 Å². The van der Waals surface area contributed by atoms with Gasteiger partial charge in [0.15, 0.2) is 0 Å². The van der Waals surface area contributed by atoms with Crippen molar-refractivity contribution < 1.29 is 5.11 Å². The summed E-state index contributed by atoms with van der Waals surface area (Å²) in [6.45, 7) is 5.01. The molecule has 0 bridgehead atoms. The van der Waals surface area contributed by atoms with Crippen LogP contribution in [0.25, 0.3) is 0 Å². The third-order valence-electron chi connectivity index (χ3n) is 3.87. The summed E-state index contributed by atoms with van der Waals surface area (Å²) in [5.41, 5.74) is 3.52. The molecule has 2 atom stereocenters. The lowest BCUT2D eigenvalue weighted by atomic mass is 9.94. The minimum atomic E-state index is -0.464. The van der Waals surface area contributed by atoms with Crippen molar-refractivity contribution in [2.45, 2.75) is 26.4 Å². The normalized spacial score (nSPS) is 19.6. The second-order valence-electron chi connectivity index (χ2n) is 5.67. The quantitative estimate of drug-likeness (QED) is 0.906. The number of fused-ring (bicyclic) bond motifs is 1. The molecule has 1 aliphatic heterocycles. The number of anilines is 2. The zero-order valence-electron chi connectivity index (χ0n) is 12.0. The van der Waals surface area contributed by atoms with Gasteiger partial charge >= 0.3 is 0 Å². The van der Waals surface area contributed by atoms with E-state index in [1.54, 1.807) is 13.1 Å². The van der Waals surface area contributed by atoms with E-state index >= 15 is 0 Å². The van der Waals surface area contributed by atoms with Gasteiger partial charge in [-0.2, -0.15) is 0 Å². The van der Waals surface area contributed by atoms with E-state index < -0.39 is 6.10 Å². The van der Waals surface area contributed by atoms with E-state index in [-0.39, 0.29) is 0 Å². The van der Waals surface area contributed by atoms with E-state index in [1.807, 2.05) is 12.1 Å². The average molecular weight is 268 g/mol. The maximum Gasteiger partial charge on any atom is 0.133 e. The Labute approximate surface area is 119 Å². The van der Waals surface area contributed by atoms with Crippen molar-refractivity contribution in [3.63, 3.8) is 0 Å². The molecule has 3 rings (SSSR count). The molecule has 3 heteroatoms. The molecule has 1 aliphatic rings. The second kappa shape index (κ2) is 5.25. The van der Waals surface area contributed by atoms with Gasteiger partial charge < -0.3 is 10.0 Å². The molecule has 2 heterocycles. The molecule has 0 aliphatic carbocycles. The predicted molar refractivity (Wildman–Crippen MR) is 81.2 cm³/mol. The number of nitrogens with zero attached hydrogens (tertiary/aromatic N) is 2. The van der Waals surface area contributed by atoms with Gasteiger partial charge in [0, 0.05) is 18.4 Å². The number of hydrogen-bond donors (Lipinski definition) is 1. The molecule has 0 radical (unpaired) electrons. The highest BCUT2D eigenvalue weighted by molar-refractivity contribution is 5.65. The highest BCUT2D eigenvalue weighted by Crippen LogP contribution is 2.34. The molecule has 2 aromatic rings. The Kier molecular flexibility index (Phi) is 3.45. The van der Waals surface area contributed by atoms with Gasteiger partial charge in [-0.1, -0.05) is 25.1 Å². The van der Waals surface area contributed by atoms with Crippen LogP contribution in [0.2, 0.25) is 0 Å². The van der Waals surface area contributed by atoms with Crippen molar-refractivity contribution >= 4 is 11.5 Å². The number of benzene rings is 1. The van der Waals surface area contributed by atoms with Crippen LogP contribution in [0.1, 0.15) is 31.1 Å². The summed E-state index contributed by atoms with van der Waals surface area (Å²) < 4.78 is 0. The molecule has 1 unspecified atom stereocenters. The SMILES string of the molecule is CC1Cc2ccccc2N(c2cc([C@H](C)O)ccn2)C1. The lowest BCUT2D eigenvalue weighted by molar-refractivity contribution is 0.199. The van der Waals surface area contributed by atoms with Crippen LogP contribution in [-0.4, -0.2) is 16.6 Å². The van der Waals surface area contributed by atoms with Crippen molar-refractivity contribution in [3.8, 4) is 0 Å². The Balaban J connectivity index is 2.04. The van der Waals surface area contributed by atoms with Crippen molar-refractivity contribution in [2.24, 2.45) is 5.92 Å². The predicted octanol–water partition coefficient (Wildman–Crippen LogP) is 3.47. The number of pyridine rings is 1. The second-order valence-corrected chi connectivity index (χ2v) is 5.67. The first-order valence-corrected chi connectivity index (χ1v) is 7.14. The number of rotatable bonds is 2. The molecule has 0 spiro atoms. The standard InChI is InChI=1S/C17H20N2O/c1-12-9-15-5-3-4-6-16(15)19(11-12)17-10-14(13(2)20)7-8-18-17/h3-8,10,12-13,20H,9,11H2,1-2H3/t12?,13-/m0/s1. The molecular formula is C17H20N2O. The fourth-order valence-electron chi connectivity index (χ4n) is 2.86. The minimum absolute atomic E-state index is 0.464. The molecule has 1 aromatic heterocycles. The van der Waals surface area contributed by atoms with Gasteiger partial charge in [-0.25, -0.2) is 4.98 Å². The third kappa shape index (κ3) is 2.41.